The van der Waals surface area contributed by atoms with Crippen molar-refractivity contribution in [3.63, 3.8) is 0 Å². The Balaban J connectivity index is 1.70. The molecule has 178 valence electrons. The molecule has 0 aromatic heterocycles. The summed E-state index contributed by atoms with van der Waals surface area (Å²) in [5, 5.41) is 51.9. The highest BCUT2D eigenvalue weighted by Gasteiger charge is 2.48. The van der Waals surface area contributed by atoms with Gasteiger partial charge in [0.2, 0.25) is 0 Å². The van der Waals surface area contributed by atoms with Gasteiger partial charge in [-0.1, -0.05) is 12.1 Å². The first kappa shape index (κ1) is 22.7. The Morgan fingerprint density at radius 3 is 2.50 bits per heavy atom. The van der Waals surface area contributed by atoms with E-state index >= 15 is 0 Å². The van der Waals surface area contributed by atoms with E-state index in [2.05, 4.69) is 0 Å². The zero-order chi connectivity index (χ0) is 24.3. The topological polar surface area (TPSA) is 154 Å². The summed E-state index contributed by atoms with van der Waals surface area (Å²) in [4.78, 5) is 27.2. The van der Waals surface area contributed by atoms with Crippen molar-refractivity contribution in [2.75, 3.05) is 0 Å². The van der Waals surface area contributed by atoms with E-state index in [0.717, 1.165) is 0 Å². The van der Waals surface area contributed by atoms with Crippen molar-refractivity contribution in [3.05, 3.63) is 63.7 Å². The van der Waals surface area contributed by atoms with E-state index in [9.17, 15) is 35.1 Å². The molecule has 0 bridgehead atoms. The summed E-state index contributed by atoms with van der Waals surface area (Å²) in [6.45, 7) is 1.25. The number of Topliss-reactive ketones (excluding diaryl/α,β-unsaturated/α-hetero) is 2. The Bertz CT molecular complexity index is 1230. The molecule has 2 aliphatic carbocycles. The molecule has 9 heteroatoms. The van der Waals surface area contributed by atoms with Gasteiger partial charge in [-0.2, -0.15) is 0 Å². The number of hydrogen-bond acceptors (Lipinski definition) is 9. The van der Waals surface area contributed by atoms with E-state index in [0.29, 0.717) is 12.0 Å². The van der Waals surface area contributed by atoms with Crippen LogP contribution in [0.2, 0.25) is 0 Å². The van der Waals surface area contributed by atoms with Crippen LogP contribution in [0.25, 0.3) is 5.57 Å². The van der Waals surface area contributed by atoms with Gasteiger partial charge in [-0.3, -0.25) is 9.59 Å². The molecule has 0 saturated carbocycles. The molecule has 5 N–H and O–H groups in total. The van der Waals surface area contributed by atoms with E-state index in [1.807, 2.05) is 0 Å². The number of aliphatic hydroxyl groups excluding tert-OH is 3. The zero-order valence-corrected chi connectivity index (χ0v) is 18.3. The summed E-state index contributed by atoms with van der Waals surface area (Å²) in [6.07, 6.45) is -4.28. The molecular formula is C25H24O9. The largest absolute Gasteiger partial charge is 0.507 e. The summed E-state index contributed by atoms with van der Waals surface area (Å²) in [7, 11) is 0. The smallest absolute Gasteiger partial charge is 0.196 e. The molecule has 1 heterocycles. The van der Waals surface area contributed by atoms with E-state index in [4.69, 9.17) is 9.47 Å². The number of aromatic hydroxyl groups is 2. The first-order chi connectivity index (χ1) is 16.2. The molecule has 3 aliphatic rings. The van der Waals surface area contributed by atoms with Crippen LogP contribution >= 0.6 is 0 Å². The number of benzene rings is 2. The van der Waals surface area contributed by atoms with Gasteiger partial charge in [0, 0.05) is 28.7 Å². The molecule has 9 nitrogen and oxygen atoms in total. The second-order valence-corrected chi connectivity index (χ2v) is 8.80. The third-order valence-corrected chi connectivity index (χ3v) is 6.69. The molecule has 2 aromatic rings. The van der Waals surface area contributed by atoms with Crippen molar-refractivity contribution in [2.24, 2.45) is 0 Å². The second kappa shape index (κ2) is 8.30. The first-order valence-electron chi connectivity index (χ1n) is 11.0. The van der Waals surface area contributed by atoms with Crippen LogP contribution in [-0.2, 0) is 16.1 Å². The van der Waals surface area contributed by atoms with Gasteiger partial charge in [0.1, 0.15) is 23.7 Å². The standard InChI is InChI=1S/C25H24O9/c1-10-14(27)5-6-17(33-10)34-25-21-20(18-13(23(25)31)7-11(9-26)8-16(18)29)22(30)12-3-2-4-15(28)19(12)24(21)32/h2-4,7-8,10,14,17,23,25-29,31H,5-6,9H2,1H3/t10-,14-,17-,23-,25-/m0/s1. The highest BCUT2D eigenvalue weighted by Crippen LogP contribution is 2.49. The molecule has 1 aliphatic heterocycles. The number of phenols is 2. The lowest BCUT2D eigenvalue weighted by molar-refractivity contribution is -0.240. The Hall–Kier alpha value is -3.08. The summed E-state index contributed by atoms with van der Waals surface area (Å²) in [5.41, 5.74) is -0.123. The molecule has 0 unspecified atom stereocenters. The maximum atomic E-state index is 13.6. The molecule has 0 radical (unpaired) electrons. The number of carbonyl (C=O) groups excluding carboxylic acids is 2. The van der Waals surface area contributed by atoms with Crippen molar-refractivity contribution in [3.8, 4) is 11.5 Å². The molecule has 0 amide bonds. The summed E-state index contributed by atoms with van der Waals surface area (Å²) in [6, 6.07) is 6.85. The predicted molar refractivity (Wildman–Crippen MR) is 117 cm³/mol. The fourth-order valence-electron chi connectivity index (χ4n) is 4.97. The fourth-order valence-corrected chi connectivity index (χ4v) is 4.97. The number of aliphatic hydroxyl groups is 3. The van der Waals surface area contributed by atoms with E-state index in [1.165, 1.54) is 30.3 Å². The van der Waals surface area contributed by atoms with E-state index in [1.54, 1.807) is 6.92 Å². The Labute approximate surface area is 194 Å². The van der Waals surface area contributed by atoms with Crippen LogP contribution in [0.5, 0.6) is 11.5 Å². The highest BCUT2D eigenvalue weighted by molar-refractivity contribution is 6.42. The van der Waals surface area contributed by atoms with Gasteiger partial charge in [0.05, 0.1) is 24.4 Å². The van der Waals surface area contributed by atoms with Gasteiger partial charge in [-0.15, -0.1) is 0 Å². The van der Waals surface area contributed by atoms with Crippen LogP contribution in [0, 0.1) is 0 Å². The van der Waals surface area contributed by atoms with Gasteiger partial charge < -0.3 is 35.0 Å². The average Bonchev–Trinajstić information content (AvgIpc) is 2.81. The van der Waals surface area contributed by atoms with Crippen LogP contribution in [0.15, 0.2) is 35.9 Å². The lowest BCUT2D eigenvalue weighted by Crippen LogP contribution is -2.44. The van der Waals surface area contributed by atoms with Crippen molar-refractivity contribution in [2.45, 2.75) is 57.1 Å². The molecule has 1 saturated heterocycles. The van der Waals surface area contributed by atoms with Gasteiger partial charge in [0.15, 0.2) is 17.9 Å². The third-order valence-electron chi connectivity index (χ3n) is 6.69. The number of allylic oxidation sites excluding steroid dienone is 1. The lowest BCUT2D eigenvalue weighted by Gasteiger charge is -2.39. The molecule has 34 heavy (non-hydrogen) atoms. The second-order valence-electron chi connectivity index (χ2n) is 8.80. The van der Waals surface area contributed by atoms with Crippen LogP contribution in [0.1, 0.15) is 63.3 Å². The SMILES string of the molecule is C[C@@H]1O[C@@H](O[C@H]2C3=C(C(=O)c4cccc(O)c4C3=O)c3c(O)cc(CO)cc3[C@@H]2O)CC[C@@H]1O. The summed E-state index contributed by atoms with van der Waals surface area (Å²) >= 11 is 0. The minimum absolute atomic E-state index is 0.0137. The fraction of sp³-hybridized carbons (Fsp3) is 0.360. The van der Waals surface area contributed by atoms with Crippen LogP contribution in [0.4, 0.5) is 0 Å². The number of ketones is 2. The van der Waals surface area contributed by atoms with Gasteiger partial charge in [-0.25, -0.2) is 0 Å². The van der Waals surface area contributed by atoms with Gasteiger partial charge in [0.25, 0.3) is 0 Å². The monoisotopic (exact) mass is 468 g/mol. The number of fused-ring (bicyclic) bond motifs is 3. The van der Waals surface area contributed by atoms with Gasteiger partial charge >= 0.3 is 0 Å². The van der Waals surface area contributed by atoms with Crippen LogP contribution in [0.3, 0.4) is 0 Å². The molecular weight excluding hydrogens is 444 g/mol. The lowest BCUT2D eigenvalue weighted by atomic mass is 9.71. The molecule has 5 rings (SSSR count). The van der Waals surface area contributed by atoms with Gasteiger partial charge in [-0.05, 0) is 42.7 Å². The maximum absolute atomic E-state index is 13.6. The van der Waals surface area contributed by atoms with E-state index in [-0.39, 0.29) is 51.3 Å². The number of phenolic OH excluding ortho intramolecular Hbond substituents is 2. The van der Waals surface area contributed by atoms with E-state index < -0.39 is 48.9 Å². The molecule has 5 atom stereocenters. The highest BCUT2D eigenvalue weighted by atomic mass is 16.7. The van der Waals surface area contributed by atoms with Crippen molar-refractivity contribution in [1.82, 2.24) is 0 Å². The van der Waals surface area contributed by atoms with Crippen LogP contribution < -0.4 is 0 Å². The number of rotatable bonds is 3. The quantitative estimate of drug-likeness (QED) is 0.453. The normalized spacial score (nSPS) is 28.4. The average molecular weight is 468 g/mol. The zero-order valence-electron chi connectivity index (χ0n) is 18.3. The Kier molecular flexibility index (Phi) is 5.54. The minimum atomic E-state index is -1.49. The first-order valence-corrected chi connectivity index (χ1v) is 11.0. The molecule has 0 spiro atoms. The predicted octanol–water partition coefficient (Wildman–Crippen LogP) is 1.74. The molecule has 2 aromatic carbocycles. The summed E-state index contributed by atoms with van der Waals surface area (Å²) in [5.74, 6) is -2.07. The third kappa shape index (κ3) is 3.36. The summed E-state index contributed by atoms with van der Waals surface area (Å²) < 4.78 is 11.7. The number of ether oxygens (including phenoxy) is 2. The van der Waals surface area contributed by atoms with Crippen LogP contribution in [-0.4, -0.2) is 61.7 Å². The Morgan fingerprint density at radius 2 is 1.79 bits per heavy atom. The maximum Gasteiger partial charge on any atom is 0.196 e. The molecule has 1 fully saturated rings. The number of carbonyl (C=O) groups is 2. The van der Waals surface area contributed by atoms with Crippen molar-refractivity contribution in [1.29, 1.82) is 0 Å². The van der Waals surface area contributed by atoms with Crippen molar-refractivity contribution >= 4 is 17.1 Å². The Morgan fingerprint density at radius 1 is 1.03 bits per heavy atom. The minimum Gasteiger partial charge on any atom is -0.507 e. The number of hydrogen-bond donors (Lipinski definition) is 5. The van der Waals surface area contributed by atoms with Crippen molar-refractivity contribution < 1.29 is 44.6 Å².